The Bertz CT molecular complexity index is 1570. The van der Waals surface area contributed by atoms with Crippen LogP contribution in [0.2, 0.25) is 0 Å². The minimum atomic E-state index is -0.787. The molecule has 0 heterocycles. The molecule has 0 aliphatic rings. The Kier molecular flexibility index (Phi) is 62.3. The Morgan fingerprint density at radius 1 is 0.269 bits per heavy atom. The van der Waals surface area contributed by atoms with Gasteiger partial charge in [-0.1, -0.05) is 297 Å². The van der Waals surface area contributed by atoms with E-state index in [1.165, 1.54) is 135 Å². The fraction of sp³-hybridized carbons (Fsp3) is 0.708. The zero-order valence-corrected chi connectivity index (χ0v) is 51.2. The van der Waals surface area contributed by atoms with E-state index in [-0.39, 0.29) is 31.1 Å². The van der Waals surface area contributed by atoms with Crippen molar-refractivity contribution in [1.29, 1.82) is 0 Å². The van der Waals surface area contributed by atoms with Crippen molar-refractivity contribution in [3.63, 3.8) is 0 Å². The molecule has 6 nitrogen and oxygen atoms in total. The average molecular weight is 1080 g/mol. The van der Waals surface area contributed by atoms with Gasteiger partial charge >= 0.3 is 17.9 Å². The number of carbonyl (C=O) groups excluding carboxylic acids is 3. The second-order valence-corrected chi connectivity index (χ2v) is 21.6. The number of rotatable bonds is 59. The van der Waals surface area contributed by atoms with Crippen molar-refractivity contribution < 1.29 is 28.6 Å². The summed E-state index contributed by atoms with van der Waals surface area (Å²) in [5, 5.41) is 0. The summed E-state index contributed by atoms with van der Waals surface area (Å²) >= 11 is 0. The first kappa shape index (κ1) is 74.1. The number of unbranched alkanes of at least 4 members (excludes halogenated alkanes) is 30. The molecule has 0 aromatic heterocycles. The SMILES string of the molecule is CC/C=C\C/C=C\C/C=C\C/C=C\C/C=C\C/C=C\C/C=C\C/C=C\CCCCCCCCC(=O)OCC(COC(=O)CCCCCCC/C=C\CCC)OC(=O)CCCCCCCCCCCCCCCCCCCCC. The maximum atomic E-state index is 12.9. The lowest BCUT2D eigenvalue weighted by atomic mass is 10.0. The Morgan fingerprint density at radius 2 is 0.526 bits per heavy atom. The van der Waals surface area contributed by atoms with Crippen molar-refractivity contribution in [1.82, 2.24) is 0 Å². The van der Waals surface area contributed by atoms with Crippen molar-refractivity contribution in [2.75, 3.05) is 13.2 Å². The number of esters is 3. The van der Waals surface area contributed by atoms with E-state index in [0.717, 1.165) is 135 Å². The van der Waals surface area contributed by atoms with Crippen LogP contribution in [0, 0.1) is 0 Å². The molecule has 0 N–H and O–H groups in total. The minimum absolute atomic E-state index is 0.0852. The second kappa shape index (κ2) is 65.6. The molecule has 0 amide bonds. The quantitative estimate of drug-likeness (QED) is 0.0261. The van der Waals surface area contributed by atoms with Gasteiger partial charge in [0.1, 0.15) is 13.2 Å². The van der Waals surface area contributed by atoms with Crippen LogP contribution in [0.25, 0.3) is 0 Å². The molecule has 0 spiro atoms. The monoisotopic (exact) mass is 1080 g/mol. The first-order chi connectivity index (χ1) is 38.5. The first-order valence-electron chi connectivity index (χ1n) is 32.9. The highest BCUT2D eigenvalue weighted by atomic mass is 16.6. The highest BCUT2D eigenvalue weighted by Gasteiger charge is 2.19. The van der Waals surface area contributed by atoms with Crippen molar-refractivity contribution in [3.05, 3.63) is 109 Å². The highest BCUT2D eigenvalue weighted by Crippen LogP contribution is 2.17. The summed E-state index contributed by atoms with van der Waals surface area (Å²) in [6.45, 7) is 6.47. The van der Waals surface area contributed by atoms with Crippen LogP contribution in [0.4, 0.5) is 0 Å². The summed E-state index contributed by atoms with van der Waals surface area (Å²) in [6, 6.07) is 0. The minimum Gasteiger partial charge on any atom is -0.462 e. The van der Waals surface area contributed by atoms with Crippen LogP contribution in [0.3, 0.4) is 0 Å². The van der Waals surface area contributed by atoms with E-state index in [1.54, 1.807) is 0 Å². The molecule has 0 saturated heterocycles. The lowest BCUT2D eigenvalue weighted by Crippen LogP contribution is -2.30. The largest absolute Gasteiger partial charge is 0.462 e. The third-order valence-corrected chi connectivity index (χ3v) is 14.0. The van der Waals surface area contributed by atoms with Gasteiger partial charge in [-0.25, -0.2) is 0 Å². The molecule has 0 aliphatic carbocycles. The van der Waals surface area contributed by atoms with Gasteiger partial charge in [0.25, 0.3) is 0 Å². The van der Waals surface area contributed by atoms with E-state index >= 15 is 0 Å². The predicted octanol–water partition coefficient (Wildman–Crippen LogP) is 22.6. The normalized spacial score (nSPS) is 12.8. The maximum absolute atomic E-state index is 12.9. The van der Waals surface area contributed by atoms with Crippen LogP contribution >= 0.6 is 0 Å². The van der Waals surface area contributed by atoms with Gasteiger partial charge in [-0.3, -0.25) is 14.4 Å². The van der Waals surface area contributed by atoms with Gasteiger partial charge in [-0.2, -0.15) is 0 Å². The van der Waals surface area contributed by atoms with Gasteiger partial charge < -0.3 is 14.2 Å². The molecule has 446 valence electrons. The van der Waals surface area contributed by atoms with Crippen LogP contribution in [0.1, 0.15) is 310 Å². The molecule has 0 saturated carbocycles. The summed E-state index contributed by atoms with van der Waals surface area (Å²) in [5.74, 6) is -0.901. The molecule has 1 atom stereocenters. The highest BCUT2D eigenvalue weighted by molar-refractivity contribution is 5.71. The standard InChI is InChI=1S/C72H122O6/c1-4-7-10-13-16-19-22-24-26-28-30-31-32-33-34-35-36-37-38-39-40-41-43-44-46-48-50-53-56-59-62-65-71(74)77-68-69(67-76-70(73)64-61-58-55-52-21-18-15-12-9-6-3)78-72(75)66-63-60-57-54-51-49-47-45-42-29-27-25-23-20-17-14-11-8-5-2/h7,10,12,15-16,19,24,26,30-31,33-34,36-37,39-40,43-44,69H,4-6,8-9,11,13-14,17-18,20-23,25,27-29,32,35,38,41-42,45-68H2,1-3H3/b10-7-,15-12-,19-16-,26-24-,31-30-,34-33-,37-36-,40-39-,44-43-. The first-order valence-corrected chi connectivity index (χ1v) is 32.9. The molecular formula is C72H122O6. The van der Waals surface area contributed by atoms with Crippen molar-refractivity contribution in [2.24, 2.45) is 0 Å². The molecule has 0 rings (SSSR count). The summed E-state index contributed by atoms with van der Waals surface area (Å²) in [5.41, 5.74) is 0. The molecule has 0 radical (unpaired) electrons. The molecule has 0 bridgehead atoms. The Labute approximate surface area is 482 Å². The lowest BCUT2D eigenvalue weighted by Gasteiger charge is -2.18. The zero-order valence-electron chi connectivity index (χ0n) is 51.2. The topological polar surface area (TPSA) is 78.9 Å². The summed E-state index contributed by atoms with van der Waals surface area (Å²) in [6.07, 6.45) is 89.6. The average Bonchev–Trinajstić information content (AvgIpc) is 3.44. The van der Waals surface area contributed by atoms with Crippen LogP contribution in [0.5, 0.6) is 0 Å². The molecular weight excluding hydrogens is 961 g/mol. The van der Waals surface area contributed by atoms with Crippen molar-refractivity contribution in [3.8, 4) is 0 Å². The lowest BCUT2D eigenvalue weighted by molar-refractivity contribution is -0.167. The molecule has 78 heavy (non-hydrogen) atoms. The molecule has 0 aromatic rings. The molecule has 0 aliphatic heterocycles. The van der Waals surface area contributed by atoms with Gasteiger partial charge in [0.2, 0.25) is 0 Å². The van der Waals surface area contributed by atoms with Crippen molar-refractivity contribution >= 4 is 17.9 Å². The second-order valence-electron chi connectivity index (χ2n) is 21.6. The van der Waals surface area contributed by atoms with Gasteiger partial charge in [-0.15, -0.1) is 0 Å². The van der Waals surface area contributed by atoms with Gasteiger partial charge in [0.05, 0.1) is 0 Å². The Hall–Kier alpha value is -3.93. The number of carbonyl (C=O) groups is 3. The number of allylic oxidation sites excluding steroid dienone is 18. The van der Waals surface area contributed by atoms with E-state index in [2.05, 4.69) is 130 Å². The molecule has 0 aromatic carbocycles. The number of hydrogen-bond donors (Lipinski definition) is 0. The van der Waals surface area contributed by atoms with Crippen LogP contribution in [0.15, 0.2) is 109 Å². The molecule has 6 heteroatoms. The summed E-state index contributed by atoms with van der Waals surface area (Å²) in [4.78, 5) is 38.2. The van der Waals surface area contributed by atoms with Gasteiger partial charge in [0.15, 0.2) is 6.10 Å². The van der Waals surface area contributed by atoms with E-state index in [0.29, 0.717) is 19.3 Å². The van der Waals surface area contributed by atoms with Crippen LogP contribution in [-0.2, 0) is 28.6 Å². The van der Waals surface area contributed by atoms with Crippen LogP contribution < -0.4 is 0 Å². The number of ether oxygens (including phenoxy) is 3. The van der Waals surface area contributed by atoms with Gasteiger partial charge in [0, 0.05) is 19.3 Å². The third kappa shape index (κ3) is 62.9. The van der Waals surface area contributed by atoms with Crippen molar-refractivity contribution in [2.45, 2.75) is 316 Å². The fourth-order valence-electron chi connectivity index (χ4n) is 9.11. The van der Waals surface area contributed by atoms with E-state index in [4.69, 9.17) is 14.2 Å². The Morgan fingerprint density at radius 3 is 0.846 bits per heavy atom. The maximum Gasteiger partial charge on any atom is 0.306 e. The van der Waals surface area contributed by atoms with Gasteiger partial charge in [-0.05, 0) is 103 Å². The van der Waals surface area contributed by atoms with E-state index in [1.807, 2.05) is 0 Å². The Balaban J connectivity index is 4.26. The fourth-order valence-corrected chi connectivity index (χ4v) is 9.11. The number of hydrogen-bond acceptors (Lipinski definition) is 6. The smallest absolute Gasteiger partial charge is 0.306 e. The summed E-state index contributed by atoms with van der Waals surface area (Å²) in [7, 11) is 0. The van der Waals surface area contributed by atoms with E-state index < -0.39 is 6.10 Å². The third-order valence-electron chi connectivity index (χ3n) is 14.0. The zero-order chi connectivity index (χ0) is 56.4. The van der Waals surface area contributed by atoms with Crippen LogP contribution in [-0.4, -0.2) is 37.2 Å². The molecule has 1 unspecified atom stereocenters. The van der Waals surface area contributed by atoms with E-state index in [9.17, 15) is 14.4 Å². The molecule has 0 fully saturated rings. The predicted molar refractivity (Wildman–Crippen MR) is 339 cm³/mol. The summed E-state index contributed by atoms with van der Waals surface area (Å²) < 4.78 is 16.9.